The number of ether oxygens (including phenoxy) is 2. The first kappa shape index (κ1) is 18.8. The molecule has 144 valence electrons. The summed E-state index contributed by atoms with van der Waals surface area (Å²) in [4.78, 5) is 23.7. The zero-order valence-corrected chi connectivity index (χ0v) is 16.1. The molecule has 1 aliphatic rings. The Hall–Kier alpha value is -3.03. The standard InChI is InChI=1S/C19H25N5O3/c1-12-17(13(2)21-18(20-12)24-9-5-6-10-24)23-19(25)22-14-7-8-15(26-3)16(11-14)27-4/h7-8,11H,5-6,9-10H2,1-4H3,(H2,22,23,25). The van der Waals surface area contributed by atoms with Gasteiger partial charge in [-0.2, -0.15) is 0 Å². The van der Waals surface area contributed by atoms with Crippen LogP contribution in [0.15, 0.2) is 18.2 Å². The lowest BCUT2D eigenvalue weighted by atomic mass is 10.2. The SMILES string of the molecule is COc1ccc(NC(=O)Nc2c(C)nc(N3CCCC3)nc2C)cc1OC. The molecular formula is C19H25N5O3. The molecular weight excluding hydrogens is 346 g/mol. The Balaban J connectivity index is 1.72. The lowest BCUT2D eigenvalue weighted by Gasteiger charge is -2.18. The number of rotatable bonds is 5. The summed E-state index contributed by atoms with van der Waals surface area (Å²) in [5, 5.41) is 5.63. The number of hydrogen-bond acceptors (Lipinski definition) is 6. The molecule has 1 aromatic heterocycles. The number of methoxy groups -OCH3 is 2. The number of aryl methyl sites for hydroxylation is 2. The summed E-state index contributed by atoms with van der Waals surface area (Å²) in [6, 6.07) is 4.81. The van der Waals surface area contributed by atoms with Gasteiger partial charge in [0.15, 0.2) is 11.5 Å². The summed E-state index contributed by atoms with van der Waals surface area (Å²) in [5.41, 5.74) is 2.70. The van der Waals surface area contributed by atoms with Crippen LogP contribution in [0.1, 0.15) is 24.2 Å². The highest BCUT2D eigenvalue weighted by Gasteiger charge is 2.18. The average Bonchev–Trinajstić information content (AvgIpc) is 3.19. The van der Waals surface area contributed by atoms with Gasteiger partial charge in [0.25, 0.3) is 0 Å². The molecule has 8 heteroatoms. The fraction of sp³-hybridized carbons (Fsp3) is 0.421. The van der Waals surface area contributed by atoms with E-state index in [4.69, 9.17) is 9.47 Å². The minimum Gasteiger partial charge on any atom is -0.493 e. The molecule has 27 heavy (non-hydrogen) atoms. The van der Waals surface area contributed by atoms with Crippen LogP contribution in [0.25, 0.3) is 0 Å². The highest BCUT2D eigenvalue weighted by Crippen LogP contribution is 2.30. The molecule has 0 unspecified atom stereocenters. The van der Waals surface area contributed by atoms with Crippen molar-refractivity contribution >= 4 is 23.4 Å². The van der Waals surface area contributed by atoms with Gasteiger partial charge in [-0.15, -0.1) is 0 Å². The van der Waals surface area contributed by atoms with Crippen LogP contribution in [0.3, 0.4) is 0 Å². The summed E-state index contributed by atoms with van der Waals surface area (Å²) in [7, 11) is 3.11. The first-order chi connectivity index (χ1) is 13.0. The molecule has 0 atom stereocenters. The number of aromatic nitrogens is 2. The van der Waals surface area contributed by atoms with Gasteiger partial charge in [-0.1, -0.05) is 0 Å². The van der Waals surface area contributed by atoms with Crippen molar-refractivity contribution in [2.24, 2.45) is 0 Å². The van der Waals surface area contributed by atoms with E-state index < -0.39 is 0 Å². The van der Waals surface area contributed by atoms with E-state index >= 15 is 0 Å². The van der Waals surface area contributed by atoms with Gasteiger partial charge in [0.05, 0.1) is 31.3 Å². The molecule has 1 fully saturated rings. The number of anilines is 3. The summed E-state index contributed by atoms with van der Waals surface area (Å²) < 4.78 is 10.5. The van der Waals surface area contributed by atoms with E-state index in [1.54, 1.807) is 32.4 Å². The monoisotopic (exact) mass is 371 g/mol. The fourth-order valence-corrected chi connectivity index (χ4v) is 3.13. The van der Waals surface area contributed by atoms with Gasteiger partial charge in [-0.05, 0) is 38.8 Å². The lowest BCUT2D eigenvalue weighted by Crippen LogP contribution is -2.24. The second-order valence-electron chi connectivity index (χ2n) is 6.41. The van der Waals surface area contributed by atoms with Crippen LogP contribution in [0.4, 0.5) is 22.1 Å². The fourth-order valence-electron chi connectivity index (χ4n) is 3.13. The number of carbonyl (C=O) groups excluding carboxylic acids is 1. The van der Waals surface area contributed by atoms with Crippen LogP contribution in [-0.4, -0.2) is 43.3 Å². The minimum absolute atomic E-state index is 0.369. The summed E-state index contributed by atoms with van der Waals surface area (Å²) in [6.07, 6.45) is 2.32. The predicted molar refractivity (Wildman–Crippen MR) is 105 cm³/mol. The topological polar surface area (TPSA) is 88.6 Å². The first-order valence-electron chi connectivity index (χ1n) is 8.92. The van der Waals surface area contributed by atoms with E-state index in [2.05, 4.69) is 25.5 Å². The Labute approximate surface area is 158 Å². The van der Waals surface area contributed by atoms with E-state index in [9.17, 15) is 4.79 Å². The molecule has 2 amide bonds. The van der Waals surface area contributed by atoms with Gasteiger partial charge in [-0.3, -0.25) is 0 Å². The third-order valence-electron chi connectivity index (χ3n) is 4.53. The van der Waals surface area contributed by atoms with Crippen LogP contribution < -0.4 is 25.0 Å². The number of benzene rings is 1. The molecule has 0 saturated carbocycles. The number of hydrogen-bond donors (Lipinski definition) is 2. The Kier molecular flexibility index (Phi) is 5.63. The minimum atomic E-state index is -0.369. The van der Waals surface area contributed by atoms with Crippen LogP contribution >= 0.6 is 0 Å². The molecule has 2 aromatic rings. The van der Waals surface area contributed by atoms with Crippen molar-refractivity contribution in [3.63, 3.8) is 0 Å². The zero-order valence-electron chi connectivity index (χ0n) is 16.1. The largest absolute Gasteiger partial charge is 0.493 e. The number of amides is 2. The lowest BCUT2D eigenvalue weighted by molar-refractivity contribution is 0.262. The van der Waals surface area contributed by atoms with Crippen molar-refractivity contribution in [2.75, 3.05) is 42.8 Å². The molecule has 0 spiro atoms. The zero-order chi connectivity index (χ0) is 19.4. The van der Waals surface area contributed by atoms with Crippen molar-refractivity contribution < 1.29 is 14.3 Å². The van der Waals surface area contributed by atoms with Gasteiger partial charge in [-0.25, -0.2) is 14.8 Å². The second kappa shape index (κ2) is 8.11. The van der Waals surface area contributed by atoms with Crippen molar-refractivity contribution in [1.29, 1.82) is 0 Å². The Bertz CT molecular complexity index is 811. The number of carbonyl (C=O) groups is 1. The van der Waals surface area contributed by atoms with E-state index in [0.717, 1.165) is 43.3 Å². The number of nitrogens with zero attached hydrogens (tertiary/aromatic N) is 3. The van der Waals surface area contributed by atoms with Crippen molar-refractivity contribution in [3.05, 3.63) is 29.6 Å². The Morgan fingerprint density at radius 1 is 1.00 bits per heavy atom. The van der Waals surface area contributed by atoms with Crippen molar-refractivity contribution in [1.82, 2.24) is 9.97 Å². The van der Waals surface area contributed by atoms with Crippen molar-refractivity contribution in [3.8, 4) is 11.5 Å². The maximum Gasteiger partial charge on any atom is 0.323 e. The van der Waals surface area contributed by atoms with Crippen LogP contribution in [-0.2, 0) is 0 Å². The van der Waals surface area contributed by atoms with Gasteiger partial charge >= 0.3 is 6.03 Å². The predicted octanol–water partition coefficient (Wildman–Crippen LogP) is 3.35. The smallest absolute Gasteiger partial charge is 0.323 e. The number of nitrogens with one attached hydrogen (secondary N) is 2. The molecule has 3 rings (SSSR count). The average molecular weight is 371 g/mol. The molecule has 1 saturated heterocycles. The molecule has 8 nitrogen and oxygen atoms in total. The quantitative estimate of drug-likeness (QED) is 0.838. The Morgan fingerprint density at radius 2 is 1.63 bits per heavy atom. The summed E-state index contributed by atoms with van der Waals surface area (Å²) in [5.74, 6) is 1.87. The molecule has 2 N–H and O–H groups in total. The molecule has 0 aliphatic carbocycles. The maximum atomic E-state index is 12.4. The van der Waals surface area contributed by atoms with E-state index in [0.29, 0.717) is 22.9 Å². The summed E-state index contributed by atoms with van der Waals surface area (Å²) >= 11 is 0. The Morgan fingerprint density at radius 3 is 2.22 bits per heavy atom. The van der Waals surface area contributed by atoms with Crippen LogP contribution in [0.5, 0.6) is 11.5 Å². The molecule has 0 radical (unpaired) electrons. The number of urea groups is 1. The third-order valence-corrected chi connectivity index (χ3v) is 4.53. The molecule has 1 aromatic carbocycles. The van der Waals surface area contributed by atoms with Gasteiger partial charge in [0.1, 0.15) is 0 Å². The van der Waals surface area contributed by atoms with Crippen LogP contribution in [0, 0.1) is 13.8 Å². The van der Waals surface area contributed by atoms with E-state index in [-0.39, 0.29) is 6.03 Å². The van der Waals surface area contributed by atoms with Gasteiger partial charge in [0.2, 0.25) is 5.95 Å². The van der Waals surface area contributed by atoms with Gasteiger partial charge in [0, 0.05) is 24.8 Å². The van der Waals surface area contributed by atoms with Crippen molar-refractivity contribution in [2.45, 2.75) is 26.7 Å². The molecule has 1 aliphatic heterocycles. The van der Waals surface area contributed by atoms with Crippen LogP contribution in [0.2, 0.25) is 0 Å². The third kappa shape index (κ3) is 4.21. The first-order valence-corrected chi connectivity index (χ1v) is 8.92. The highest BCUT2D eigenvalue weighted by atomic mass is 16.5. The molecule has 0 bridgehead atoms. The van der Waals surface area contributed by atoms with Gasteiger partial charge < -0.3 is 25.0 Å². The summed E-state index contributed by atoms with van der Waals surface area (Å²) in [6.45, 7) is 5.71. The maximum absolute atomic E-state index is 12.4. The highest BCUT2D eigenvalue weighted by molar-refractivity contribution is 6.00. The van der Waals surface area contributed by atoms with E-state index in [1.165, 1.54) is 0 Å². The second-order valence-corrected chi connectivity index (χ2v) is 6.41. The molecule has 2 heterocycles. The normalized spacial score (nSPS) is 13.4. The van der Waals surface area contributed by atoms with E-state index in [1.807, 2.05) is 13.8 Å².